The Bertz CT molecular complexity index is 486. The summed E-state index contributed by atoms with van der Waals surface area (Å²) in [5.74, 6) is -1.12. The van der Waals surface area contributed by atoms with E-state index in [-0.39, 0.29) is 18.4 Å². The molecule has 0 saturated heterocycles. The summed E-state index contributed by atoms with van der Waals surface area (Å²) in [6, 6.07) is 0. The molecule has 0 aliphatic rings. The lowest BCUT2D eigenvalue weighted by Crippen LogP contribution is -2.06. The summed E-state index contributed by atoms with van der Waals surface area (Å²) >= 11 is 0. The van der Waals surface area contributed by atoms with Crippen molar-refractivity contribution in [2.75, 3.05) is 13.2 Å². The number of carbonyl (C=O) groups excluding carboxylic acids is 2. The van der Waals surface area contributed by atoms with Gasteiger partial charge in [-0.3, -0.25) is 9.59 Å². The first-order valence-corrected chi connectivity index (χ1v) is 11.6. The number of aliphatic carboxylic acids is 1. The van der Waals surface area contributed by atoms with Crippen LogP contribution in [0.4, 0.5) is 0 Å². The molecule has 6 heteroatoms. The minimum absolute atomic E-state index is 0.0944. The van der Waals surface area contributed by atoms with E-state index in [1.165, 1.54) is 0 Å². The van der Waals surface area contributed by atoms with Gasteiger partial charge in [-0.2, -0.15) is 0 Å². The van der Waals surface area contributed by atoms with Gasteiger partial charge < -0.3 is 14.6 Å². The van der Waals surface area contributed by atoms with Gasteiger partial charge in [0.15, 0.2) is 0 Å². The molecule has 6 nitrogen and oxygen atoms in total. The monoisotopic (exact) mass is 426 g/mol. The molecule has 0 heterocycles. The molecule has 0 aromatic heterocycles. The maximum absolute atomic E-state index is 11.7. The Morgan fingerprint density at radius 3 is 1.50 bits per heavy atom. The van der Waals surface area contributed by atoms with Gasteiger partial charge in [-0.25, -0.2) is 4.79 Å². The summed E-state index contributed by atoms with van der Waals surface area (Å²) < 4.78 is 10.3. The zero-order valence-corrected chi connectivity index (χ0v) is 18.9. The van der Waals surface area contributed by atoms with E-state index in [2.05, 4.69) is 6.58 Å². The molecule has 0 unspecified atom stereocenters. The molecule has 174 valence electrons. The first-order valence-electron chi connectivity index (χ1n) is 11.6. The van der Waals surface area contributed by atoms with Gasteiger partial charge in [0.2, 0.25) is 0 Å². The Labute approximate surface area is 182 Å². The zero-order chi connectivity index (χ0) is 22.5. The molecule has 0 radical (unpaired) electrons. The summed E-state index contributed by atoms with van der Waals surface area (Å²) in [4.78, 5) is 33.3. The quantitative estimate of drug-likeness (QED) is 0.138. The molecule has 0 aromatic carbocycles. The number of carbonyl (C=O) groups is 3. The highest BCUT2D eigenvalue weighted by Crippen LogP contribution is 2.11. The smallest absolute Gasteiger partial charge is 0.333 e. The van der Waals surface area contributed by atoms with Gasteiger partial charge >= 0.3 is 17.9 Å². The van der Waals surface area contributed by atoms with E-state index in [1.807, 2.05) is 0 Å². The van der Waals surface area contributed by atoms with Crippen molar-refractivity contribution in [2.24, 2.45) is 0 Å². The highest BCUT2D eigenvalue weighted by atomic mass is 16.5. The van der Waals surface area contributed by atoms with Crippen LogP contribution in [-0.2, 0) is 23.9 Å². The van der Waals surface area contributed by atoms with Gasteiger partial charge in [0.25, 0.3) is 0 Å². The fourth-order valence-electron chi connectivity index (χ4n) is 3.06. The van der Waals surface area contributed by atoms with Crippen LogP contribution in [0.5, 0.6) is 0 Å². The molecule has 0 spiro atoms. The van der Waals surface area contributed by atoms with Crippen molar-refractivity contribution >= 4 is 17.9 Å². The number of ether oxygens (including phenoxy) is 2. The van der Waals surface area contributed by atoms with Crippen molar-refractivity contribution in [3.63, 3.8) is 0 Å². The van der Waals surface area contributed by atoms with Crippen molar-refractivity contribution in [2.45, 2.75) is 110 Å². The molecule has 0 fully saturated rings. The largest absolute Gasteiger partial charge is 0.481 e. The molecule has 0 bridgehead atoms. The molecule has 0 atom stereocenters. The molecule has 0 aromatic rings. The van der Waals surface area contributed by atoms with Gasteiger partial charge in [-0.15, -0.1) is 0 Å². The topological polar surface area (TPSA) is 89.9 Å². The van der Waals surface area contributed by atoms with Gasteiger partial charge in [0.05, 0.1) is 13.2 Å². The predicted molar refractivity (Wildman–Crippen MR) is 118 cm³/mol. The highest BCUT2D eigenvalue weighted by Gasteiger charge is 2.04. The zero-order valence-electron chi connectivity index (χ0n) is 18.9. The molecular formula is C24H42O6. The van der Waals surface area contributed by atoms with E-state index in [9.17, 15) is 14.4 Å². The molecule has 30 heavy (non-hydrogen) atoms. The van der Waals surface area contributed by atoms with Gasteiger partial charge in [-0.05, 0) is 32.6 Å². The number of esters is 2. The van der Waals surface area contributed by atoms with Crippen LogP contribution in [0.3, 0.4) is 0 Å². The van der Waals surface area contributed by atoms with Crippen molar-refractivity contribution in [1.82, 2.24) is 0 Å². The first kappa shape index (κ1) is 28.1. The average molecular weight is 427 g/mol. The van der Waals surface area contributed by atoms with Crippen LogP contribution in [0, 0.1) is 0 Å². The Hall–Kier alpha value is -1.85. The minimum Gasteiger partial charge on any atom is -0.481 e. The van der Waals surface area contributed by atoms with Crippen LogP contribution in [0.1, 0.15) is 110 Å². The van der Waals surface area contributed by atoms with Crippen molar-refractivity contribution in [3.8, 4) is 0 Å². The van der Waals surface area contributed by atoms with Crippen LogP contribution in [0.15, 0.2) is 12.2 Å². The van der Waals surface area contributed by atoms with E-state index in [4.69, 9.17) is 14.6 Å². The number of unbranched alkanes of at least 4 members (excludes halogenated alkanes) is 12. The summed E-state index contributed by atoms with van der Waals surface area (Å²) in [6.07, 6.45) is 15.0. The Balaban J connectivity index is 3.24. The molecular weight excluding hydrogens is 384 g/mol. The lowest BCUT2D eigenvalue weighted by molar-refractivity contribution is -0.144. The van der Waals surface area contributed by atoms with Crippen LogP contribution in [0.25, 0.3) is 0 Å². The van der Waals surface area contributed by atoms with Crippen LogP contribution in [0.2, 0.25) is 0 Å². The fourth-order valence-corrected chi connectivity index (χ4v) is 3.06. The SMILES string of the molecule is C=C(C)C(=O)OCCCCCCCCOC(=O)CCCCCCCCCCC(=O)O. The minimum atomic E-state index is -0.711. The number of hydrogen-bond acceptors (Lipinski definition) is 5. The lowest BCUT2D eigenvalue weighted by Gasteiger charge is -2.06. The molecule has 1 N–H and O–H groups in total. The molecule has 0 saturated carbocycles. The second-order valence-electron chi connectivity index (χ2n) is 7.98. The predicted octanol–water partition coefficient (Wildman–Crippen LogP) is 5.98. The van der Waals surface area contributed by atoms with Gasteiger partial charge in [0.1, 0.15) is 0 Å². The van der Waals surface area contributed by atoms with E-state index < -0.39 is 5.97 Å². The molecule has 0 amide bonds. The van der Waals surface area contributed by atoms with Crippen LogP contribution < -0.4 is 0 Å². The van der Waals surface area contributed by atoms with E-state index >= 15 is 0 Å². The number of rotatable bonds is 21. The average Bonchev–Trinajstić information content (AvgIpc) is 2.70. The van der Waals surface area contributed by atoms with Crippen LogP contribution >= 0.6 is 0 Å². The lowest BCUT2D eigenvalue weighted by atomic mass is 10.1. The second-order valence-corrected chi connectivity index (χ2v) is 7.98. The third kappa shape index (κ3) is 20.9. The van der Waals surface area contributed by atoms with E-state index in [1.54, 1.807) is 6.92 Å². The maximum Gasteiger partial charge on any atom is 0.333 e. The molecule has 0 aliphatic heterocycles. The third-order valence-corrected chi connectivity index (χ3v) is 4.90. The maximum atomic E-state index is 11.7. The second kappa shape index (κ2) is 20.4. The molecule has 0 aliphatic carbocycles. The molecule has 0 rings (SSSR count). The Morgan fingerprint density at radius 2 is 1.03 bits per heavy atom. The Morgan fingerprint density at radius 1 is 0.633 bits per heavy atom. The summed E-state index contributed by atoms with van der Waals surface area (Å²) in [6.45, 7) is 6.15. The van der Waals surface area contributed by atoms with E-state index in [0.717, 1.165) is 89.9 Å². The van der Waals surface area contributed by atoms with Crippen molar-refractivity contribution in [1.29, 1.82) is 0 Å². The fraction of sp³-hybridized carbons (Fsp3) is 0.792. The standard InChI is InChI=1S/C24H42O6/c1-21(2)24(28)30-20-16-12-8-7-11-15-19-29-23(27)18-14-10-6-4-3-5-9-13-17-22(25)26/h1,3-20H2,2H3,(H,25,26). The van der Waals surface area contributed by atoms with Crippen molar-refractivity contribution < 1.29 is 29.0 Å². The highest BCUT2D eigenvalue weighted by molar-refractivity contribution is 5.86. The third-order valence-electron chi connectivity index (χ3n) is 4.90. The number of carboxylic acids is 1. The normalized spacial score (nSPS) is 10.6. The van der Waals surface area contributed by atoms with Crippen LogP contribution in [-0.4, -0.2) is 36.2 Å². The summed E-state index contributed by atoms with van der Waals surface area (Å²) in [5.41, 5.74) is 0.436. The Kier molecular flexibility index (Phi) is 19.2. The number of hydrogen-bond donors (Lipinski definition) is 1. The summed E-state index contributed by atoms with van der Waals surface area (Å²) in [5, 5.41) is 8.56. The summed E-state index contributed by atoms with van der Waals surface area (Å²) in [7, 11) is 0. The van der Waals surface area contributed by atoms with E-state index in [0.29, 0.717) is 25.2 Å². The van der Waals surface area contributed by atoms with Gasteiger partial charge in [-0.1, -0.05) is 70.8 Å². The number of carboxylic acid groups (broad SMARTS) is 1. The van der Waals surface area contributed by atoms with Crippen molar-refractivity contribution in [3.05, 3.63) is 12.2 Å². The first-order chi connectivity index (χ1) is 14.4. The van der Waals surface area contributed by atoms with Gasteiger partial charge in [0, 0.05) is 18.4 Å².